The van der Waals surface area contributed by atoms with E-state index >= 15 is 0 Å². The fourth-order valence-corrected chi connectivity index (χ4v) is 6.41. The summed E-state index contributed by atoms with van der Waals surface area (Å²) in [6.07, 6.45) is -0.443. The first-order valence-corrected chi connectivity index (χ1v) is 10.7. The van der Waals surface area contributed by atoms with E-state index in [1.54, 1.807) is 0 Å². The summed E-state index contributed by atoms with van der Waals surface area (Å²) >= 11 is 0. The molecule has 0 aliphatic carbocycles. The molecule has 5 aromatic rings. The molecule has 2 N–H and O–H groups in total. The van der Waals surface area contributed by atoms with E-state index in [0.29, 0.717) is 13.0 Å². The van der Waals surface area contributed by atoms with Gasteiger partial charge in [-0.1, -0.05) is 36.4 Å². The Kier molecular flexibility index (Phi) is 2.60. The maximum atomic E-state index is 13.1. The molecule has 1 amide bonds. The van der Waals surface area contributed by atoms with Gasteiger partial charge in [0.05, 0.1) is 27.6 Å². The van der Waals surface area contributed by atoms with Gasteiger partial charge < -0.3 is 24.3 Å². The van der Waals surface area contributed by atoms with E-state index in [0.717, 1.165) is 54.7 Å². The third kappa shape index (κ3) is 1.60. The van der Waals surface area contributed by atoms with Crippen molar-refractivity contribution in [2.45, 2.75) is 37.9 Å². The van der Waals surface area contributed by atoms with Gasteiger partial charge in [-0.05, 0) is 24.6 Å². The Morgan fingerprint density at radius 3 is 2.55 bits per heavy atom. The van der Waals surface area contributed by atoms with Crippen molar-refractivity contribution in [1.82, 2.24) is 14.5 Å². The Morgan fingerprint density at radius 2 is 1.74 bits per heavy atom. The maximum absolute atomic E-state index is 13.1. The van der Waals surface area contributed by atoms with Gasteiger partial charge in [-0.25, -0.2) is 0 Å². The summed E-state index contributed by atoms with van der Waals surface area (Å²) in [5, 5.41) is 18.5. The van der Waals surface area contributed by atoms with E-state index in [-0.39, 0.29) is 12.1 Å². The zero-order valence-electron chi connectivity index (χ0n) is 16.8. The molecule has 0 saturated carbocycles. The molecule has 3 aliphatic rings. The molecular formula is C25H19N3O3. The normalized spacial score (nSPS) is 26.5. The van der Waals surface area contributed by atoms with E-state index in [4.69, 9.17) is 4.74 Å². The van der Waals surface area contributed by atoms with Crippen LogP contribution in [-0.4, -0.2) is 26.3 Å². The summed E-state index contributed by atoms with van der Waals surface area (Å²) in [6.45, 7) is 2.50. The SMILES string of the molecule is CC12OC(CC1O)n1c3ccccc3c3c4c(c5c6ccccc6n2c5c31)CNC4=O. The highest BCUT2D eigenvalue weighted by Crippen LogP contribution is 2.54. The molecule has 6 heteroatoms. The second-order valence-electron chi connectivity index (χ2n) is 9.10. The quantitative estimate of drug-likeness (QED) is 0.404. The minimum absolute atomic E-state index is 0.0156. The number of carbonyl (C=O) groups is 1. The molecule has 1 fully saturated rings. The topological polar surface area (TPSA) is 68.4 Å². The molecule has 3 unspecified atom stereocenters. The molecule has 2 bridgehead atoms. The number of aromatic nitrogens is 2. The van der Waals surface area contributed by atoms with Gasteiger partial charge >= 0.3 is 0 Å². The van der Waals surface area contributed by atoms with E-state index in [1.165, 1.54) is 0 Å². The fraction of sp³-hybridized carbons (Fsp3) is 0.240. The van der Waals surface area contributed by atoms with Crippen molar-refractivity contribution in [3.63, 3.8) is 0 Å². The highest BCUT2D eigenvalue weighted by molar-refractivity contribution is 6.31. The zero-order chi connectivity index (χ0) is 20.6. The minimum Gasteiger partial charge on any atom is -0.388 e. The lowest BCUT2D eigenvalue weighted by Gasteiger charge is -2.30. The third-order valence-corrected chi connectivity index (χ3v) is 7.67. The van der Waals surface area contributed by atoms with Gasteiger partial charge in [-0.15, -0.1) is 0 Å². The van der Waals surface area contributed by atoms with Crippen molar-refractivity contribution in [2.24, 2.45) is 0 Å². The van der Waals surface area contributed by atoms with Gasteiger partial charge in [0.25, 0.3) is 5.91 Å². The Balaban J connectivity index is 1.81. The molecule has 3 aromatic carbocycles. The lowest BCUT2D eigenvalue weighted by Crippen LogP contribution is -2.39. The van der Waals surface area contributed by atoms with Crippen molar-refractivity contribution in [3.8, 4) is 0 Å². The van der Waals surface area contributed by atoms with Gasteiger partial charge in [0, 0.05) is 34.5 Å². The summed E-state index contributed by atoms with van der Waals surface area (Å²) in [6, 6.07) is 16.5. The number of fused-ring (bicyclic) bond motifs is 13. The maximum Gasteiger partial charge on any atom is 0.252 e. The molecule has 0 spiro atoms. The van der Waals surface area contributed by atoms with Crippen LogP contribution in [0.1, 0.15) is 35.5 Å². The molecule has 8 rings (SSSR count). The Bertz CT molecular complexity index is 1660. The second kappa shape index (κ2) is 4.93. The van der Waals surface area contributed by atoms with Crippen LogP contribution < -0.4 is 5.32 Å². The number of nitrogens with one attached hydrogen (secondary N) is 1. The number of carbonyl (C=O) groups excluding carboxylic acids is 1. The first-order chi connectivity index (χ1) is 15.1. The van der Waals surface area contributed by atoms with Crippen LogP contribution in [0.15, 0.2) is 48.5 Å². The Labute approximate surface area is 176 Å². The Hall–Kier alpha value is -3.35. The van der Waals surface area contributed by atoms with Gasteiger partial charge in [-0.2, -0.15) is 0 Å². The molecule has 2 aromatic heterocycles. The Morgan fingerprint density at radius 1 is 1.03 bits per heavy atom. The average Bonchev–Trinajstić information content (AvgIpc) is 3.46. The fourth-order valence-electron chi connectivity index (χ4n) is 6.41. The number of ether oxygens (including phenoxy) is 1. The summed E-state index contributed by atoms with van der Waals surface area (Å²) in [5.41, 5.74) is 5.07. The number of nitrogens with zero attached hydrogens (tertiary/aromatic N) is 2. The van der Waals surface area contributed by atoms with Gasteiger partial charge in [0.2, 0.25) is 0 Å². The molecule has 3 atom stereocenters. The summed E-state index contributed by atoms with van der Waals surface area (Å²) in [7, 11) is 0. The summed E-state index contributed by atoms with van der Waals surface area (Å²) in [5.74, 6) is -0.0156. The highest BCUT2D eigenvalue weighted by Gasteiger charge is 2.51. The first-order valence-electron chi connectivity index (χ1n) is 10.7. The van der Waals surface area contributed by atoms with Gasteiger partial charge in [0.1, 0.15) is 12.3 Å². The third-order valence-electron chi connectivity index (χ3n) is 7.67. The van der Waals surface area contributed by atoms with Crippen LogP contribution in [0.25, 0.3) is 43.6 Å². The number of aliphatic hydroxyl groups excluding tert-OH is 1. The summed E-state index contributed by atoms with van der Waals surface area (Å²) in [4.78, 5) is 13.1. The van der Waals surface area contributed by atoms with Crippen LogP contribution in [0.2, 0.25) is 0 Å². The second-order valence-corrected chi connectivity index (χ2v) is 9.10. The van der Waals surface area contributed by atoms with Crippen molar-refractivity contribution >= 4 is 49.5 Å². The van der Waals surface area contributed by atoms with Crippen LogP contribution >= 0.6 is 0 Å². The van der Waals surface area contributed by atoms with Crippen LogP contribution in [0, 0.1) is 0 Å². The smallest absolute Gasteiger partial charge is 0.252 e. The van der Waals surface area contributed by atoms with Crippen molar-refractivity contribution in [2.75, 3.05) is 0 Å². The number of benzene rings is 3. The number of para-hydroxylation sites is 2. The van der Waals surface area contributed by atoms with Crippen molar-refractivity contribution < 1.29 is 14.6 Å². The molecule has 6 nitrogen and oxygen atoms in total. The highest BCUT2D eigenvalue weighted by atomic mass is 16.6. The van der Waals surface area contributed by atoms with E-state index < -0.39 is 11.8 Å². The number of amides is 1. The number of hydrogen-bond acceptors (Lipinski definition) is 3. The predicted octanol–water partition coefficient (Wildman–Crippen LogP) is 4.11. The molecule has 5 heterocycles. The minimum atomic E-state index is -0.886. The van der Waals surface area contributed by atoms with Gasteiger partial charge in [-0.3, -0.25) is 4.79 Å². The van der Waals surface area contributed by atoms with Crippen LogP contribution in [0.5, 0.6) is 0 Å². The van der Waals surface area contributed by atoms with Crippen LogP contribution in [-0.2, 0) is 17.0 Å². The van der Waals surface area contributed by atoms with Crippen molar-refractivity contribution in [3.05, 3.63) is 59.7 Å². The molecule has 152 valence electrons. The monoisotopic (exact) mass is 409 g/mol. The number of hydrogen-bond donors (Lipinski definition) is 2. The lowest BCUT2D eigenvalue weighted by molar-refractivity contribution is -0.135. The summed E-state index contributed by atoms with van der Waals surface area (Å²) < 4.78 is 11.1. The number of aliphatic hydroxyl groups is 1. The largest absolute Gasteiger partial charge is 0.388 e. The van der Waals surface area contributed by atoms with Crippen LogP contribution in [0.4, 0.5) is 0 Å². The standard InChI is InChI=1S/C25H19N3O3/c1-25-17(29)10-18(31-25)27-15-8-4-2-6-12(15)20-21-14(11-26-24(21)30)19-13-7-3-5-9-16(13)28(25)23(19)22(20)27/h2-9,17-18,29H,10-11H2,1H3,(H,26,30). The van der Waals surface area contributed by atoms with Crippen LogP contribution in [0.3, 0.4) is 0 Å². The van der Waals surface area contributed by atoms with E-state index in [1.807, 2.05) is 31.2 Å². The molecule has 3 aliphatic heterocycles. The lowest BCUT2D eigenvalue weighted by atomic mass is 9.96. The van der Waals surface area contributed by atoms with E-state index in [9.17, 15) is 9.90 Å². The number of rotatable bonds is 0. The van der Waals surface area contributed by atoms with Crippen molar-refractivity contribution in [1.29, 1.82) is 0 Å². The average molecular weight is 409 g/mol. The molecule has 31 heavy (non-hydrogen) atoms. The molecule has 1 saturated heterocycles. The molecule has 0 radical (unpaired) electrons. The zero-order valence-corrected chi connectivity index (χ0v) is 16.8. The molecular weight excluding hydrogens is 390 g/mol. The first kappa shape index (κ1) is 16.4. The predicted molar refractivity (Wildman–Crippen MR) is 118 cm³/mol. The van der Waals surface area contributed by atoms with E-state index in [2.05, 4.69) is 38.7 Å². The van der Waals surface area contributed by atoms with Gasteiger partial charge in [0.15, 0.2) is 5.72 Å².